The first-order valence-corrected chi connectivity index (χ1v) is 8.31. The minimum Gasteiger partial charge on any atom is -0.352 e. The van der Waals surface area contributed by atoms with Gasteiger partial charge in [-0.05, 0) is 60.6 Å². The molecule has 20 heavy (non-hydrogen) atoms. The van der Waals surface area contributed by atoms with Gasteiger partial charge < -0.3 is 5.32 Å². The SMILES string of the molecule is CC1(C)[C@H]2CC[C@@H](CNC(=O)c3cccc(Br)c3)[C@@H]1C2. The summed E-state index contributed by atoms with van der Waals surface area (Å²) < 4.78 is 0.950. The molecule has 1 amide bonds. The van der Waals surface area contributed by atoms with E-state index < -0.39 is 0 Å². The monoisotopic (exact) mass is 335 g/mol. The fraction of sp³-hybridized carbons (Fsp3) is 0.588. The van der Waals surface area contributed by atoms with Crippen LogP contribution in [0.4, 0.5) is 0 Å². The Balaban J connectivity index is 1.58. The Labute approximate surface area is 129 Å². The number of nitrogens with one attached hydrogen (secondary N) is 1. The standard InChI is InChI=1S/C17H22BrNO/c1-17(2)13-7-6-12(15(17)9-13)10-19-16(20)11-4-3-5-14(18)8-11/h3-5,8,12-13,15H,6-7,9-10H2,1-2H3,(H,19,20)/t12-,13-,15-/m0/s1. The summed E-state index contributed by atoms with van der Waals surface area (Å²) in [6.07, 6.45) is 3.98. The van der Waals surface area contributed by atoms with Crippen LogP contribution in [0.2, 0.25) is 0 Å². The zero-order valence-electron chi connectivity index (χ0n) is 12.2. The highest BCUT2D eigenvalue weighted by atomic mass is 79.9. The fourth-order valence-electron chi connectivity index (χ4n) is 4.16. The van der Waals surface area contributed by atoms with E-state index >= 15 is 0 Å². The highest BCUT2D eigenvalue weighted by Gasteiger charge is 2.53. The molecular weight excluding hydrogens is 314 g/mol. The van der Waals surface area contributed by atoms with Gasteiger partial charge in [0.1, 0.15) is 0 Å². The van der Waals surface area contributed by atoms with Crippen molar-refractivity contribution in [1.29, 1.82) is 0 Å². The summed E-state index contributed by atoms with van der Waals surface area (Å²) in [5.41, 5.74) is 1.23. The molecular formula is C17H22BrNO. The number of carbonyl (C=O) groups is 1. The second-order valence-electron chi connectivity index (χ2n) is 6.92. The van der Waals surface area contributed by atoms with E-state index in [1.807, 2.05) is 24.3 Å². The highest BCUT2D eigenvalue weighted by Crippen LogP contribution is 2.61. The van der Waals surface area contributed by atoms with Crippen LogP contribution in [0.3, 0.4) is 0 Å². The van der Waals surface area contributed by atoms with Gasteiger partial charge in [-0.25, -0.2) is 0 Å². The van der Waals surface area contributed by atoms with Crippen molar-refractivity contribution in [3.8, 4) is 0 Å². The number of halogens is 1. The number of hydrogen-bond acceptors (Lipinski definition) is 1. The number of benzene rings is 1. The lowest BCUT2D eigenvalue weighted by Gasteiger charge is -2.60. The highest BCUT2D eigenvalue weighted by molar-refractivity contribution is 9.10. The van der Waals surface area contributed by atoms with Crippen LogP contribution < -0.4 is 5.32 Å². The van der Waals surface area contributed by atoms with Crippen molar-refractivity contribution in [3.05, 3.63) is 34.3 Å². The molecule has 0 aromatic heterocycles. The Morgan fingerprint density at radius 1 is 1.40 bits per heavy atom. The first kappa shape index (κ1) is 14.1. The second-order valence-corrected chi connectivity index (χ2v) is 7.83. The van der Waals surface area contributed by atoms with Crippen molar-refractivity contribution in [3.63, 3.8) is 0 Å². The van der Waals surface area contributed by atoms with Crippen molar-refractivity contribution in [1.82, 2.24) is 5.32 Å². The molecule has 1 aromatic carbocycles. The number of carbonyl (C=O) groups excluding carboxylic acids is 1. The van der Waals surface area contributed by atoms with Crippen LogP contribution in [0, 0.1) is 23.2 Å². The molecule has 1 N–H and O–H groups in total. The molecule has 0 saturated heterocycles. The van der Waals surface area contributed by atoms with E-state index in [2.05, 4.69) is 35.1 Å². The van der Waals surface area contributed by atoms with E-state index in [4.69, 9.17) is 0 Å². The molecule has 3 aliphatic carbocycles. The molecule has 108 valence electrons. The predicted molar refractivity (Wildman–Crippen MR) is 84.6 cm³/mol. The molecule has 0 spiro atoms. The number of rotatable bonds is 3. The Hall–Kier alpha value is -0.830. The van der Waals surface area contributed by atoms with E-state index in [0.29, 0.717) is 11.3 Å². The molecule has 0 radical (unpaired) electrons. The van der Waals surface area contributed by atoms with E-state index in [9.17, 15) is 4.79 Å². The van der Waals surface area contributed by atoms with Crippen LogP contribution in [-0.4, -0.2) is 12.5 Å². The maximum atomic E-state index is 12.2. The van der Waals surface area contributed by atoms with E-state index in [-0.39, 0.29) is 5.91 Å². The molecule has 3 heteroatoms. The third-order valence-corrected chi connectivity index (χ3v) is 6.11. The minimum atomic E-state index is 0.0468. The largest absolute Gasteiger partial charge is 0.352 e. The summed E-state index contributed by atoms with van der Waals surface area (Å²) in [6, 6.07) is 7.58. The third-order valence-electron chi connectivity index (χ3n) is 5.61. The van der Waals surface area contributed by atoms with Crippen LogP contribution in [0.25, 0.3) is 0 Å². The van der Waals surface area contributed by atoms with E-state index in [0.717, 1.165) is 28.4 Å². The first-order valence-electron chi connectivity index (χ1n) is 7.52. The average molecular weight is 336 g/mol. The van der Waals surface area contributed by atoms with Crippen LogP contribution in [0.15, 0.2) is 28.7 Å². The van der Waals surface area contributed by atoms with E-state index in [1.165, 1.54) is 19.3 Å². The van der Waals surface area contributed by atoms with Crippen LogP contribution >= 0.6 is 15.9 Å². The molecule has 2 nitrogen and oxygen atoms in total. The summed E-state index contributed by atoms with van der Waals surface area (Å²) in [5.74, 6) is 2.42. The van der Waals surface area contributed by atoms with Crippen LogP contribution in [-0.2, 0) is 0 Å². The quantitative estimate of drug-likeness (QED) is 0.878. The lowest BCUT2D eigenvalue weighted by atomic mass is 9.45. The van der Waals surface area contributed by atoms with Gasteiger partial charge in [0.2, 0.25) is 0 Å². The number of hydrogen-bond donors (Lipinski definition) is 1. The van der Waals surface area contributed by atoms with Crippen LogP contribution in [0.1, 0.15) is 43.5 Å². The molecule has 0 unspecified atom stereocenters. The summed E-state index contributed by atoms with van der Waals surface area (Å²) in [7, 11) is 0. The third kappa shape index (κ3) is 2.41. The molecule has 3 atom stereocenters. The van der Waals surface area contributed by atoms with Crippen molar-refractivity contribution >= 4 is 21.8 Å². The molecule has 1 aromatic rings. The van der Waals surface area contributed by atoms with Gasteiger partial charge in [-0.15, -0.1) is 0 Å². The zero-order valence-corrected chi connectivity index (χ0v) is 13.7. The van der Waals surface area contributed by atoms with Gasteiger partial charge in [-0.2, -0.15) is 0 Å². The molecule has 4 rings (SSSR count). The smallest absolute Gasteiger partial charge is 0.251 e. The molecule has 0 aliphatic heterocycles. The number of amides is 1. The van der Waals surface area contributed by atoms with Crippen molar-refractivity contribution in [2.45, 2.75) is 33.1 Å². The van der Waals surface area contributed by atoms with Crippen molar-refractivity contribution in [2.75, 3.05) is 6.54 Å². The van der Waals surface area contributed by atoms with Crippen LogP contribution in [0.5, 0.6) is 0 Å². The van der Waals surface area contributed by atoms with Gasteiger partial charge in [0.25, 0.3) is 5.91 Å². The van der Waals surface area contributed by atoms with Crippen molar-refractivity contribution in [2.24, 2.45) is 23.2 Å². The van der Waals surface area contributed by atoms with Gasteiger partial charge >= 0.3 is 0 Å². The predicted octanol–water partition coefficient (Wildman–Crippen LogP) is 4.25. The minimum absolute atomic E-state index is 0.0468. The topological polar surface area (TPSA) is 29.1 Å². The summed E-state index contributed by atoms with van der Waals surface area (Å²) >= 11 is 3.41. The molecule has 0 heterocycles. The lowest BCUT2D eigenvalue weighted by molar-refractivity contribution is -0.103. The molecule has 3 saturated carbocycles. The van der Waals surface area contributed by atoms with E-state index in [1.54, 1.807) is 0 Å². The maximum absolute atomic E-state index is 12.2. The Kier molecular flexibility index (Phi) is 3.65. The molecule has 3 fully saturated rings. The van der Waals surface area contributed by atoms with Gasteiger partial charge in [0.05, 0.1) is 0 Å². The van der Waals surface area contributed by atoms with Gasteiger partial charge in [-0.3, -0.25) is 4.79 Å². The van der Waals surface area contributed by atoms with Gasteiger partial charge in [-0.1, -0.05) is 35.8 Å². The molecule has 2 bridgehead atoms. The zero-order chi connectivity index (χ0) is 14.3. The van der Waals surface area contributed by atoms with Gasteiger partial charge in [0.15, 0.2) is 0 Å². The Bertz CT molecular complexity index is 523. The summed E-state index contributed by atoms with van der Waals surface area (Å²) in [6.45, 7) is 5.62. The van der Waals surface area contributed by atoms with Gasteiger partial charge in [0, 0.05) is 16.6 Å². The summed E-state index contributed by atoms with van der Waals surface area (Å²) in [4.78, 5) is 12.2. The maximum Gasteiger partial charge on any atom is 0.251 e. The second kappa shape index (κ2) is 5.18. The average Bonchev–Trinajstić information content (AvgIpc) is 2.44. The lowest BCUT2D eigenvalue weighted by Crippen LogP contribution is -2.54. The Morgan fingerprint density at radius 2 is 2.20 bits per heavy atom. The Morgan fingerprint density at radius 3 is 2.85 bits per heavy atom. The number of fused-ring (bicyclic) bond motifs is 2. The summed E-state index contributed by atoms with van der Waals surface area (Å²) in [5, 5.41) is 3.13. The normalized spacial score (nSPS) is 30.4. The first-order chi connectivity index (χ1) is 9.48. The van der Waals surface area contributed by atoms with Crippen molar-refractivity contribution < 1.29 is 4.79 Å². The fourth-order valence-corrected chi connectivity index (χ4v) is 4.56. The molecule has 3 aliphatic rings.